The summed E-state index contributed by atoms with van der Waals surface area (Å²) in [5.41, 5.74) is 4.21. The average molecular weight is 216 g/mol. The van der Waals surface area contributed by atoms with Crippen molar-refractivity contribution in [3.8, 4) is 0 Å². The number of H-pyrrole nitrogens is 1. The molecule has 0 amide bonds. The molecule has 0 aliphatic rings. The molecule has 0 atom stereocenters. The quantitative estimate of drug-likeness (QED) is 0.772. The lowest BCUT2D eigenvalue weighted by molar-refractivity contribution is 0.0995. The number of benzene rings is 1. The highest BCUT2D eigenvalue weighted by Gasteiger charge is 2.13. The summed E-state index contributed by atoms with van der Waals surface area (Å²) < 4.78 is 0. The van der Waals surface area contributed by atoms with Gasteiger partial charge in [0.2, 0.25) is 0 Å². The number of ketones is 1. The van der Waals surface area contributed by atoms with E-state index in [0.717, 1.165) is 16.5 Å². The number of fused-ring (bicyclic) bond motifs is 1. The van der Waals surface area contributed by atoms with E-state index in [1.165, 1.54) is 11.1 Å². The monoisotopic (exact) mass is 216 g/mol. The SMILES string of the molecule is CNCC(=O)c1c[nH]c2ccc(C)c(C)c12. The van der Waals surface area contributed by atoms with Crippen molar-refractivity contribution < 1.29 is 4.79 Å². The van der Waals surface area contributed by atoms with Crippen LogP contribution in [0.15, 0.2) is 18.3 Å². The fourth-order valence-electron chi connectivity index (χ4n) is 1.98. The molecule has 2 aromatic rings. The molecule has 2 rings (SSSR count). The molecule has 0 aliphatic carbocycles. The van der Waals surface area contributed by atoms with E-state index in [0.29, 0.717) is 6.54 Å². The number of nitrogens with one attached hydrogen (secondary N) is 2. The fourth-order valence-corrected chi connectivity index (χ4v) is 1.98. The summed E-state index contributed by atoms with van der Waals surface area (Å²) in [6.07, 6.45) is 1.80. The van der Waals surface area contributed by atoms with E-state index in [4.69, 9.17) is 0 Å². The van der Waals surface area contributed by atoms with Crippen molar-refractivity contribution in [2.24, 2.45) is 0 Å². The van der Waals surface area contributed by atoms with Crippen LogP contribution in [0.1, 0.15) is 21.5 Å². The lowest BCUT2D eigenvalue weighted by Gasteiger charge is -2.04. The van der Waals surface area contributed by atoms with Crippen LogP contribution < -0.4 is 5.32 Å². The average Bonchev–Trinajstić information content (AvgIpc) is 2.68. The van der Waals surface area contributed by atoms with Gasteiger partial charge < -0.3 is 10.3 Å². The molecule has 0 spiro atoms. The van der Waals surface area contributed by atoms with Crippen molar-refractivity contribution in [1.82, 2.24) is 10.3 Å². The van der Waals surface area contributed by atoms with E-state index in [1.54, 1.807) is 13.2 Å². The van der Waals surface area contributed by atoms with Crippen molar-refractivity contribution in [2.75, 3.05) is 13.6 Å². The summed E-state index contributed by atoms with van der Waals surface area (Å²) in [5.74, 6) is 0.127. The predicted octanol–water partition coefficient (Wildman–Crippen LogP) is 2.19. The number of carbonyl (C=O) groups excluding carboxylic acids is 1. The molecule has 0 saturated heterocycles. The molecule has 0 aliphatic heterocycles. The normalized spacial score (nSPS) is 10.9. The number of aromatic nitrogens is 1. The Kier molecular flexibility index (Phi) is 2.79. The van der Waals surface area contributed by atoms with Crippen molar-refractivity contribution in [3.63, 3.8) is 0 Å². The lowest BCUT2D eigenvalue weighted by atomic mass is 10.0. The minimum atomic E-state index is 0.127. The predicted molar refractivity (Wildman–Crippen MR) is 66.0 cm³/mol. The van der Waals surface area contributed by atoms with E-state index in [-0.39, 0.29) is 5.78 Å². The van der Waals surface area contributed by atoms with Gasteiger partial charge in [-0.05, 0) is 38.1 Å². The van der Waals surface area contributed by atoms with Crippen molar-refractivity contribution in [3.05, 3.63) is 35.0 Å². The first-order chi connectivity index (χ1) is 7.65. The van der Waals surface area contributed by atoms with E-state index < -0.39 is 0 Å². The summed E-state index contributed by atoms with van der Waals surface area (Å²) >= 11 is 0. The van der Waals surface area contributed by atoms with Crippen molar-refractivity contribution >= 4 is 16.7 Å². The van der Waals surface area contributed by atoms with Gasteiger partial charge in [-0.2, -0.15) is 0 Å². The maximum Gasteiger partial charge on any atom is 0.178 e. The zero-order valence-electron chi connectivity index (χ0n) is 9.85. The molecule has 16 heavy (non-hydrogen) atoms. The minimum Gasteiger partial charge on any atom is -0.360 e. The van der Waals surface area contributed by atoms with Crippen LogP contribution in [0, 0.1) is 13.8 Å². The third kappa shape index (κ3) is 1.63. The number of hydrogen-bond acceptors (Lipinski definition) is 2. The summed E-state index contributed by atoms with van der Waals surface area (Å²) in [6, 6.07) is 4.09. The number of aryl methyl sites for hydroxylation is 2. The Bertz CT molecular complexity index is 540. The Morgan fingerprint density at radius 1 is 1.38 bits per heavy atom. The van der Waals surface area contributed by atoms with Crippen LogP contribution in [0.25, 0.3) is 10.9 Å². The van der Waals surface area contributed by atoms with Crippen molar-refractivity contribution in [2.45, 2.75) is 13.8 Å². The second kappa shape index (κ2) is 4.10. The number of aromatic amines is 1. The summed E-state index contributed by atoms with van der Waals surface area (Å²) in [7, 11) is 1.78. The first-order valence-electron chi connectivity index (χ1n) is 5.40. The topological polar surface area (TPSA) is 44.9 Å². The highest BCUT2D eigenvalue weighted by molar-refractivity contribution is 6.10. The zero-order valence-corrected chi connectivity index (χ0v) is 9.85. The second-order valence-corrected chi connectivity index (χ2v) is 4.09. The lowest BCUT2D eigenvalue weighted by Crippen LogP contribution is -2.18. The smallest absolute Gasteiger partial charge is 0.178 e. The van der Waals surface area contributed by atoms with E-state index in [1.807, 2.05) is 6.07 Å². The van der Waals surface area contributed by atoms with Gasteiger partial charge in [0.05, 0.1) is 6.54 Å². The van der Waals surface area contributed by atoms with Crippen molar-refractivity contribution in [1.29, 1.82) is 0 Å². The fraction of sp³-hybridized carbons (Fsp3) is 0.308. The van der Waals surface area contributed by atoms with Gasteiger partial charge in [0.15, 0.2) is 5.78 Å². The van der Waals surface area contributed by atoms with E-state index >= 15 is 0 Å². The molecule has 0 bridgehead atoms. The van der Waals surface area contributed by atoms with Crippen LogP contribution in [0.4, 0.5) is 0 Å². The molecular formula is C13H16N2O. The third-order valence-corrected chi connectivity index (χ3v) is 3.01. The van der Waals surface area contributed by atoms with Gasteiger partial charge in [-0.25, -0.2) is 0 Å². The Labute approximate surface area is 94.9 Å². The molecule has 0 radical (unpaired) electrons. The number of hydrogen-bond donors (Lipinski definition) is 2. The second-order valence-electron chi connectivity index (χ2n) is 4.09. The number of rotatable bonds is 3. The number of likely N-dealkylation sites (N-methyl/N-ethyl adjacent to an activating group) is 1. The number of carbonyl (C=O) groups is 1. The molecule has 3 heteroatoms. The first-order valence-corrected chi connectivity index (χ1v) is 5.40. The Morgan fingerprint density at radius 2 is 2.12 bits per heavy atom. The van der Waals surface area contributed by atoms with Gasteiger partial charge in [0.25, 0.3) is 0 Å². The van der Waals surface area contributed by atoms with Crippen LogP contribution in [0.5, 0.6) is 0 Å². The van der Waals surface area contributed by atoms with Crippen LogP contribution in [-0.4, -0.2) is 24.4 Å². The highest BCUT2D eigenvalue weighted by Crippen LogP contribution is 2.24. The molecule has 0 saturated carbocycles. The van der Waals surface area contributed by atoms with Gasteiger partial charge in [0.1, 0.15) is 0 Å². The van der Waals surface area contributed by atoms with Gasteiger partial charge in [-0.15, -0.1) is 0 Å². The maximum atomic E-state index is 11.9. The van der Waals surface area contributed by atoms with Gasteiger partial charge in [-0.3, -0.25) is 4.79 Å². The maximum absolute atomic E-state index is 11.9. The molecule has 1 aromatic heterocycles. The molecule has 0 unspecified atom stereocenters. The highest BCUT2D eigenvalue weighted by atomic mass is 16.1. The standard InChI is InChI=1S/C13H16N2O/c1-8-4-5-11-13(9(8)2)10(6-15-11)12(16)7-14-3/h4-6,14-15H,7H2,1-3H3. The molecular weight excluding hydrogens is 200 g/mol. The molecule has 3 nitrogen and oxygen atoms in total. The van der Waals surface area contributed by atoms with Crippen LogP contribution in [0.2, 0.25) is 0 Å². The first kappa shape index (κ1) is 10.9. The van der Waals surface area contributed by atoms with Gasteiger partial charge >= 0.3 is 0 Å². The minimum absolute atomic E-state index is 0.127. The van der Waals surface area contributed by atoms with Gasteiger partial charge in [0, 0.05) is 22.7 Å². The van der Waals surface area contributed by atoms with E-state index in [2.05, 4.69) is 30.2 Å². The Morgan fingerprint density at radius 3 is 2.81 bits per heavy atom. The largest absolute Gasteiger partial charge is 0.360 e. The molecule has 84 valence electrons. The van der Waals surface area contributed by atoms with Crippen LogP contribution >= 0.6 is 0 Å². The molecule has 2 N–H and O–H groups in total. The van der Waals surface area contributed by atoms with Gasteiger partial charge in [-0.1, -0.05) is 6.07 Å². The summed E-state index contributed by atoms with van der Waals surface area (Å²) in [6.45, 7) is 4.50. The Hall–Kier alpha value is -1.61. The molecule has 1 aromatic carbocycles. The summed E-state index contributed by atoms with van der Waals surface area (Å²) in [4.78, 5) is 15.0. The summed E-state index contributed by atoms with van der Waals surface area (Å²) in [5, 5.41) is 3.95. The molecule has 0 fully saturated rings. The zero-order chi connectivity index (χ0) is 11.7. The van der Waals surface area contributed by atoms with E-state index in [9.17, 15) is 4.79 Å². The van der Waals surface area contributed by atoms with Crippen LogP contribution in [-0.2, 0) is 0 Å². The van der Waals surface area contributed by atoms with Crippen LogP contribution in [0.3, 0.4) is 0 Å². The number of Topliss-reactive ketones (excluding diaryl/α,β-unsaturated/α-hetero) is 1. The Balaban J connectivity index is 2.63. The third-order valence-electron chi connectivity index (χ3n) is 3.01. The molecule has 1 heterocycles.